The lowest BCUT2D eigenvalue weighted by Gasteiger charge is -2.20. The summed E-state index contributed by atoms with van der Waals surface area (Å²) in [4.78, 5) is 0. The van der Waals surface area contributed by atoms with Gasteiger partial charge in [-0.15, -0.1) is 0 Å². The summed E-state index contributed by atoms with van der Waals surface area (Å²) in [6.07, 6.45) is 0. The van der Waals surface area contributed by atoms with E-state index in [9.17, 15) is 0 Å². The van der Waals surface area contributed by atoms with Gasteiger partial charge in [-0.3, -0.25) is 0 Å². The molecule has 0 bridgehead atoms. The van der Waals surface area contributed by atoms with Crippen LogP contribution in [0.25, 0.3) is 187 Å². The van der Waals surface area contributed by atoms with Gasteiger partial charge in [-0.25, -0.2) is 0 Å². The number of furan rings is 2. The first-order valence-corrected chi connectivity index (χ1v) is 31.0. The van der Waals surface area contributed by atoms with Crippen LogP contribution in [-0.4, -0.2) is 0 Å². The second-order valence-corrected chi connectivity index (χ2v) is 23.7. The van der Waals surface area contributed by atoms with E-state index in [1.54, 1.807) is 0 Å². The molecule has 90 heavy (non-hydrogen) atoms. The van der Waals surface area contributed by atoms with Crippen LogP contribution in [0.5, 0.6) is 0 Å². The lowest BCUT2D eigenvalue weighted by Crippen LogP contribution is -1.93. The summed E-state index contributed by atoms with van der Waals surface area (Å²) in [6, 6.07) is 120. The summed E-state index contributed by atoms with van der Waals surface area (Å²) in [5.41, 5.74) is 24.3. The normalized spacial score (nSPS) is 11.8. The van der Waals surface area contributed by atoms with Crippen LogP contribution in [0.2, 0.25) is 0 Å². The van der Waals surface area contributed by atoms with E-state index in [0.717, 1.165) is 105 Å². The van der Waals surface area contributed by atoms with Gasteiger partial charge in [0, 0.05) is 21.5 Å². The highest BCUT2D eigenvalue weighted by molar-refractivity contribution is 6.29. The molecule has 0 atom stereocenters. The lowest BCUT2D eigenvalue weighted by atomic mass is 9.83. The van der Waals surface area contributed by atoms with Crippen LogP contribution in [0.3, 0.4) is 0 Å². The summed E-state index contributed by atoms with van der Waals surface area (Å²) < 4.78 is 13.8. The number of hydrogen-bond donors (Lipinski definition) is 0. The Morgan fingerprint density at radius 2 is 0.467 bits per heavy atom. The smallest absolute Gasteiger partial charge is 0.136 e. The van der Waals surface area contributed by atoms with Crippen molar-refractivity contribution >= 4 is 87.0 Å². The van der Waals surface area contributed by atoms with Crippen LogP contribution in [0, 0.1) is 0 Å². The molecule has 2 aromatic heterocycles. The van der Waals surface area contributed by atoms with Gasteiger partial charge >= 0.3 is 0 Å². The fourth-order valence-corrected chi connectivity index (χ4v) is 14.7. The first-order chi connectivity index (χ1) is 44.6. The van der Waals surface area contributed by atoms with Crippen molar-refractivity contribution in [1.29, 1.82) is 0 Å². The molecule has 0 aliphatic heterocycles. The van der Waals surface area contributed by atoms with Gasteiger partial charge in [0.05, 0.1) is 0 Å². The molecule has 0 aliphatic rings. The summed E-state index contributed by atoms with van der Waals surface area (Å²) >= 11 is 0. The molecule has 18 rings (SSSR count). The van der Waals surface area contributed by atoms with E-state index < -0.39 is 0 Å². The zero-order valence-electron chi connectivity index (χ0n) is 49.0. The van der Waals surface area contributed by atoms with E-state index in [-0.39, 0.29) is 0 Å². The number of fused-ring (bicyclic) bond motifs is 10. The van der Waals surface area contributed by atoms with Crippen molar-refractivity contribution in [2.45, 2.75) is 0 Å². The van der Waals surface area contributed by atoms with Crippen molar-refractivity contribution in [2.24, 2.45) is 0 Å². The molecule has 18 aromatic rings. The topological polar surface area (TPSA) is 26.3 Å². The van der Waals surface area contributed by atoms with Gasteiger partial charge in [0.2, 0.25) is 0 Å². The van der Waals surface area contributed by atoms with Crippen molar-refractivity contribution in [2.75, 3.05) is 0 Å². The molecule has 2 heterocycles. The summed E-state index contributed by atoms with van der Waals surface area (Å²) in [6.45, 7) is 0. The highest BCUT2D eigenvalue weighted by atomic mass is 16.3. The second kappa shape index (κ2) is 21.0. The minimum atomic E-state index is 0.848. The third-order valence-electron chi connectivity index (χ3n) is 18.6. The first-order valence-electron chi connectivity index (χ1n) is 31.0. The zero-order valence-corrected chi connectivity index (χ0v) is 49.0. The third kappa shape index (κ3) is 8.34. The maximum atomic E-state index is 7.00. The Morgan fingerprint density at radius 1 is 0.144 bits per heavy atom. The van der Waals surface area contributed by atoms with E-state index >= 15 is 0 Å². The maximum Gasteiger partial charge on any atom is 0.136 e. The molecule has 0 saturated carbocycles. The fourth-order valence-electron chi connectivity index (χ4n) is 14.7. The van der Waals surface area contributed by atoms with Crippen LogP contribution in [0.4, 0.5) is 0 Å². The van der Waals surface area contributed by atoms with Gasteiger partial charge in [0.25, 0.3) is 0 Å². The molecule has 0 amide bonds. The van der Waals surface area contributed by atoms with Gasteiger partial charge < -0.3 is 8.83 Å². The van der Waals surface area contributed by atoms with Gasteiger partial charge in [-0.05, 0) is 198 Å². The number of benzene rings is 16. The van der Waals surface area contributed by atoms with Gasteiger partial charge in [0.15, 0.2) is 0 Å². The predicted molar refractivity (Wildman–Crippen MR) is 380 cm³/mol. The molecule has 2 heteroatoms. The molecule has 0 aliphatic carbocycles. The molecule has 0 N–H and O–H groups in total. The van der Waals surface area contributed by atoms with E-state index in [2.05, 4.69) is 328 Å². The molecular weight excluding hydrogens is 1090 g/mol. The quantitative estimate of drug-likeness (QED) is 0.135. The SMILES string of the molecule is c1ccc(-c2ccc(-c3ccc4oc5cccc(-c6c7ccccc7c(-c7ccccc7)c7ccc(-c8cc(-c9ccccc9)cc(-c9cccc%10oc%11cccc(-c%12c%13ccccc%13c(-c%13ccccc%13)c%13ccccc%12%13)c%11c9%10)c8)cc67)c5c4c3)cc2)cc1. The van der Waals surface area contributed by atoms with Crippen LogP contribution in [-0.2, 0) is 0 Å². The summed E-state index contributed by atoms with van der Waals surface area (Å²) in [7, 11) is 0. The molecule has 0 radical (unpaired) electrons. The van der Waals surface area contributed by atoms with Crippen molar-refractivity contribution in [3.63, 3.8) is 0 Å². The monoisotopic (exact) mass is 1140 g/mol. The summed E-state index contributed by atoms with van der Waals surface area (Å²) in [5, 5.41) is 13.9. The molecule has 2 nitrogen and oxygen atoms in total. The van der Waals surface area contributed by atoms with Crippen molar-refractivity contribution in [3.8, 4) is 100 Å². The Hall–Kier alpha value is -11.8. The van der Waals surface area contributed by atoms with Crippen LogP contribution >= 0.6 is 0 Å². The van der Waals surface area contributed by atoms with Crippen LogP contribution in [0.1, 0.15) is 0 Å². The van der Waals surface area contributed by atoms with Crippen molar-refractivity contribution < 1.29 is 8.83 Å². The fraction of sp³-hybridized carbons (Fsp3) is 0. The van der Waals surface area contributed by atoms with Crippen molar-refractivity contribution in [3.05, 3.63) is 328 Å². The third-order valence-corrected chi connectivity index (χ3v) is 18.6. The van der Waals surface area contributed by atoms with E-state index in [1.807, 2.05) is 0 Å². The average Bonchev–Trinajstić information content (AvgIpc) is 1.21. The van der Waals surface area contributed by atoms with Gasteiger partial charge in [0.1, 0.15) is 22.3 Å². The van der Waals surface area contributed by atoms with E-state index in [1.165, 1.54) is 82.2 Å². The highest BCUT2D eigenvalue weighted by Gasteiger charge is 2.25. The molecule has 0 fully saturated rings. The second-order valence-electron chi connectivity index (χ2n) is 23.7. The Labute approximate surface area is 520 Å². The van der Waals surface area contributed by atoms with Gasteiger partial charge in [-0.2, -0.15) is 0 Å². The van der Waals surface area contributed by atoms with E-state index in [4.69, 9.17) is 8.83 Å². The molecule has 0 unspecified atom stereocenters. The number of rotatable bonds is 9. The van der Waals surface area contributed by atoms with Gasteiger partial charge in [-0.1, -0.05) is 273 Å². The average molecular weight is 1140 g/mol. The molecule has 418 valence electrons. The number of hydrogen-bond acceptors (Lipinski definition) is 2. The minimum absolute atomic E-state index is 0.848. The Kier molecular flexibility index (Phi) is 12.0. The Morgan fingerprint density at radius 3 is 1.00 bits per heavy atom. The zero-order chi connectivity index (χ0) is 59.2. The highest BCUT2D eigenvalue weighted by Crippen LogP contribution is 2.52. The minimum Gasteiger partial charge on any atom is -0.456 e. The Balaban J connectivity index is 0.871. The lowest BCUT2D eigenvalue weighted by molar-refractivity contribution is 0.668. The Bertz CT molecular complexity index is 5800. The first kappa shape index (κ1) is 51.4. The van der Waals surface area contributed by atoms with E-state index in [0.29, 0.717) is 0 Å². The van der Waals surface area contributed by atoms with Crippen LogP contribution < -0.4 is 0 Å². The maximum absolute atomic E-state index is 7.00. The molecule has 0 spiro atoms. The molecular formula is C88H54O2. The largest absolute Gasteiger partial charge is 0.456 e. The predicted octanol–water partition coefficient (Wildman–Crippen LogP) is 25.1. The standard InChI is InChI=1S/C88H54O2/c1-5-22-55(23-6-1)57-42-44-58(45-43-57)61-47-49-78-77(54-61)86-74(37-20-39-79(86)89-78)85-72-35-18-15-32-69(72)83(60-28-11-4-12-29-60)73-48-46-62(53-76(73)85)64-50-63(56-24-7-2-8-25-56)51-65(52-64)66-36-19-40-80-87(66)88-75(38-21-41-81(88)90-80)84-70-33-16-13-30-67(70)82(59-26-9-3-10-27-59)68-31-14-17-34-71(68)84/h1-54H. The van der Waals surface area contributed by atoms with Crippen LogP contribution in [0.15, 0.2) is 336 Å². The molecule has 16 aromatic carbocycles. The van der Waals surface area contributed by atoms with Crippen molar-refractivity contribution in [1.82, 2.24) is 0 Å². The molecule has 0 saturated heterocycles. The summed E-state index contributed by atoms with van der Waals surface area (Å²) in [5.74, 6) is 0.